The van der Waals surface area contributed by atoms with Gasteiger partial charge in [-0.2, -0.15) is 9.78 Å². The third kappa shape index (κ3) is 4.00. The summed E-state index contributed by atoms with van der Waals surface area (Å²) in [6, 6.07) is 5.25. The molecule has 1 aromatic carbocycles. The molecule has 3 rings (SSSR count). The molecular weight excluding hydrogens is 378 g/mol. The van der Waals surface area contributed by atoms with Crippen LogP contribution in [0.25, 0.3) is 5.82 Å². The summed E-state index contributed by atoms with van der Waals surface area (Å²) in [5, 5.41) is 28.8. The first-order valence-electron chi connectivity index (χ1n) is 8.88. The van der Waals surface area contributed by atoms with Gasteiger partial charge in [-0.05, 0) is 43.2 Å². The second-order valence-electron chi connectivity index (χ2n) is 6.02. The highest BCUT2D eigenvalue weighted by Gasteiger charge is 2.20. The molecule has 0 radical (unpaired) electrons. The minimum Gasteiger partial charge on any atom is -0.507 e. The molecule has 0 fully saturated rings. The van der Waals surface area contributed by atoms with Crippen LogP contribution in [-0.2, 0) is 0 Å². The Morgan fingerprint density at radius 3 is 2.76 bits per heavy atom. The number of amides is 1. The van der Waals surface area contributed by atoms with Gasteiger partial charge in [0.05, 0.1) is 11.9 Å². The van der Waals surface area contributed by atoms with E-state index in [0.29, 0.717) is 11.3 Å². The number of nitrogens with one attached hydrogen (secondary N) is 1. The van der Waals surface area contributed by atoms with Crippen molar-refractivity contribution < 1.29 is 14.5 Å². The predicted molar refractivity (Wildman–Crippen MR) is 105 cm³/mol. The zero-order chi connectivity index (χ0) is 21.0. The molecule has 0 aliphatic rings. The molecular formula is C17H21N9O3. The van der Waals surface area contributed by atoms with Crippen LogP contribution in [0.15, 0.2) is 27.9 Å². The molecule has 152 valence electrons. The molecule has 3 aromatic rings. The van der Waals surface area contributed by atoms with E-state index in [9.17, 15) is 9.90 Å². The molecule has 2 aromatic heterocycles. The molecule has 1 amide bonds. The third-order valence-electron chi connectivity index (χ3n) is 4.32. The van der Waals surface area contributed by atoms with Crippen LogP contribution in [0.2, 0.25) is 0 Å². The van der Waals surface area contributed by atoms with E-state index in [1.54, 1.807) is 19.1 Å². The first-order chi connectivity index (χ1) is 14.0. The van der Waals surface area contributed by atoms with E-state index in [0.717, 1.165) is 18.8 Å². The van der Waals surface area contributed by atoms with E-state index in [1.165, 1.54) is 10.9 Å². The minimum atomic E-state index is -0.584. The Labute approximate surface area is 166 Å². The number of anilines is 2. The van der Waals surface area contributed by atoms with Crippen molar-refractivity contribution in [1.29, 1.82) is 0 Å². The molecule has 0 atom stereocenters. The number of nitrogens with zero attached hydrogens (tertiary/aromatic N) is 7. The van der Waals surface area contributed by atoms with Crippen molar-refractivity contribution in [3.8, 4) is 11.6 Å². The van der Waals surface area contributed by atoms with Gasteiger partial charge in [-0.1, -0.05) is 5.21 Å². The smallest absolute Gasteiger partial charge is 0.293 e. The molecule has 12 heteroatoms. The van der Waals surface area contributed by atoms with E-state index in [4.69, 9.17) is 5.73 Å². The summed E-state index contributed by atoms with van der Waals surface area (Å²) >= 11 is 0. The molecule has 0 bridgehead atoms. The summed E-state index contributed by atoms with van der Waals surface area (Å²) in [5.74, 6) is -0.370. The highest BCUT2D eigenvalue weighted by molar-refractivity contribution is 5.94. The van der Waals surface area contributed by atoms with Gasteiger partial charge in [0.15, 0.2) is 5.69 Å². The SMILES string of the molecule is CCN(CC)c1ccc(/C=N\NC(=O)c2nnn(-c3nonc3N)c2C)c(O)c1. The highest BCUT2D eigenvalue weighted by Crippen LogP contribution is 2.23. The Kier molecular flexibility index (Phi) is 5.71. The van der Waals surface area contributed by atoms with Crippen molar-refractivity contribution in [3.05, 3.63) is 35.2 Å². The Morgan fingerprint density at radius 1 is 1.38 bits per heavy atom. The van der Waals surface area contributed by atoms with E-state index in [2.05, 4.69) is 40.7 Å². The van der Waals surface area contributed by atoms with Crippen molar-refractivity contribution in [2.75, 3.05) is 23.7 Å². The fourth-order valence-electron chi connectivity index (χ4n) is 2.72. The maximum Gasteiger partial charge on any atom is 0.293 e. The van der Waals surface area contributed by atoms with Gasteiger partial charge in [0.1, 0.15) is 5.75 Å². The van der Waals surface area contributed by atoms with Crippen LogP contribution >= 0.6 is 0 Å². The van der Waals surface area contributed by atoms with Crippen LogP contribution in [0.1, 0.15) is 35.6 Å². The van der Waals surface area contributed by atoms with E-state index < -0.39 is 5.91 Å². The van der Waals surface area contributed by atoms with Gasteiger partial charge in [-0.3, -0.25) is 4.79 Å². The first kappa shape index (κ1) is 19.8. The minimum absolute atomic E-state index is 0.0200. The maximum absolute atomic E-state index is 12.3. The zero-order valence-electron chi connectivity index (χ0n) is 16.2. The van der Waals surface area contributed by atoms with Crippen molar-refractivity contribution in [3.63, 3.8) is 0 Å². The quantitative estimate of drug-likeness (QED) is 0.386. The van der Waals surface area contributed by atoms with Gasteiger partial charge in [0.25, 0.3) is 5.91 Å². The molecule has 4 N–H and O–H groups in total. The van der Waals surface area contributed by atoms with Crippen LogP contribution in [-0.4, -0.2) is 55.6 Å². The molecule has 0 aliphatic heterocycles. The predicted octanol–water partition coefficient (Wildman–Crippen LogP) is 0.857. The Balaban J connectivity index is 1.71. The second kappa shape index (κ2) is 8.37. The zero-order valence-corrected chi connectivity index (χ0v) is 16.2. The molecule has 0 spiro atoms. The monoisotopic (exact) mass is 399 g/mol. The lowest BCUT2D eigenvalue weighted by atomic mass is 10.2. The maximum atomic E-state index is 12.3. The number of carbonyl (C=O) groups excluding carboxylic acids is 1. The Hall–Kier alpha value is -3.96. The molecule has 0 aliphatic carbocycles. The van der Waals surface area contributed by atoms with Gasteiger partial charge >= 0.3 is 0 Å². The number of carbonyl (C=O) groups is 1. The standard InChI is InChI=1S/C17H21N9O3/c1-4-25(5-2)12-7-6-11(13(27)8-12)9-19-21-17(28)14-10(3)26(24-20-14)16-15(18)22-29-23-16/h6-9,27H,4-5H2,1-3H3,(H2,18,22)(H,21,28)/b19-9-. The Bertz CT molecular complexity index is 1040. The highest BCUT2D eigenvalue weighted by atomic mass is 16.6. The van der Waals surface area contributed by atoms with Crippen LogP contribution in [0.3, 0.4) is 0 Å². The summed E-state index contributed by atoms with van der Waals surface area (Å²) in [6.07, 6.45) is 1.35. The van der Waals surface area contributed by atoms with E-state index in [-0.39, 0.29) is 23.1 Å². The van der Waals surface area contributed by atoms with Gasteiger partial charge in [-0.25, -0.2) is 10.1 Å². The van der Waals surface area contributed by atoms with Gasteiger partial charge in [0, 0.05) is 30.4 Å². The van der Waals surface area contributed by atoms with Crippen LogP contribution in [0, 0.1) is 6.92 Å². The summed E-state index contributed by atoms with van der Waals surface area (Å²) < 4.78 is 5.76. The number of aromatic nitrogens is 5. The van der Waals surface area contributed by atoms with E-state index >= 15 is 0 Å². The van der Waals surface area contributed by atoms with Gasteiger partial charge in [0.2, 0.25) is 11.6 Å². The molecule has 29 heavy (non-hydrogen) atoms. The molecule has 12 nitrogen and oxygen atoms in total. The van der Waals surface area contributed by atoms with Crippen LogP contribution in [0.4, 0.5) is 11.5 Å². The van der Waals surface area contributed by atoms with Crippen molar-refractivity contribution in [1.82, 2.24) is 30.7 Å². The summed E-state index contributed by atoms with van der Waals surface area (Å²) in [7, 11) is 0. The number of benzene rings is 1. The number of nitrogen functional groups attached to an aromatic ring is 1. The van der Waals surface area contributed by atoms with E-state index in [1.807, 2.05) is 19.9 Å². The third-order valence-corrected chi connectivity index (χ3v) is 4.32. The lowest BCUT2D eigenvalue weighted by Crippen LogP contribution is -2.21. The normalized spacial score (nSPS) is 11.1. The van der Waals surface area contributed by atoms with Crippen LogP contribution < -0.4 is 16.1 Å². The lowest BCUT2D eigenvalue weighted by molar-refractivity contribution is 0.0949. The number of nitrogens with two attached hydrogens (primary N) is 1. The molecule has 0 saturated heterocycles. The van der Waals surface area contributed by atoms with Crippen molar-refractivity contribution in [2.24, 2.45) is 5.10 Å². The Morgan fingerprint density at radius 2 is 2.14 bits per heavy atom. The van der Waals surface area contributed by atoms with Crippen LogP contribution in [0.5, 0.6) is 5.75 Å². The van der Waals surface area contributed by atoms with Gasteiger partial charge in [-0.15, -0.1) is 5.10 Å². The average Bonchev–Trinajstić information content (AvgIpc) is 3.29. The summed E-state index contributed by atoms with van der Waals surface area (Å²) in [5.41, 5.74) is 9.76. The number of aromatic hydroxyl groups is 1. The average molecular weight is 399 g/mol. The molecule has 0 unspecified atom stereocenters. The topological polar surface area (TPSA) is 161 Å². The number of hydrogen-bond donors (Lipinski definition) is 3. The summed E-state index contributed by atoms with van der Waals surface area (Å²) in [6.45, 7) is 7.35. The second-order valence-corrected chi connectivity index (χ2v) is 6.02. The molecule has 2 heterocycles. The lowest BCUT2D eigenvalue weighted by Gasteiger charge is -2.21. The largest absolute Gasteiger partial charge is 0.507 e. The molecule has 0 saturated carbocycles. The fourth-order valence-corrected chi connectivity index (χ4v) is 2.72. The number of phenolic OH excluding ortho intramolecular Hbond substituents is 1. The number of rotatable bonds is 7. The van der Waals surface area contributed by atoms with Gasteiger partial charge < -0.3 is 15.7 Å². The number of hydrogen-bond acceptors (Lipinski definition) is 10. The van der Waals surface area contributed by atoms with Crippen molar-refractivity contribution in [2.45, 2.75) is 20.8 Å². The summed E-state index contributed by atoms with van der Waals surface area (Å²) in [4.78, 5) is 14.4. The number of phenols is 1. The first-order valence-corrected chi connectivity index (χ1v) is 8.88. The van der Waals surface area contributed by atoms with Crippen molar-refractivity contribution >= 4 is 23.6 Å². The fraction of sp³-hybridized carbons (Fsp3) is 0.294. The number of hydrazone groups is 1.